The third-order valence-electron chi connectivity index (χ3n) is 6.19. The number of imidazole rings is 1. The van der Waals surface area contributed by atoms with Crippen molar-refractivity contribution in [3.05, 3.63) is 71.3 Å². The Morgan fingerprint density at radius 2 is 1.82 bits per heavy atom. The van der Waals surface area contributed by atoms with Crippen molar-refractivity contribution in [3.63, 3.8) is 0 Å². The summed E-state index contributed by atoms with van der Waals surface area (Å²) in [5.41, 5.74) is 3.39. The maximum absolute atomic E-state index is 15.7. The molecule has 0 unspecified atom stereocenters. The second-order valence-corrected chi connectivity index (χ2v) is 10.7. The summed E-state index contributed by atoms with van der Waals surface area (Å²) in [6, 6.07) is 15.2. The minimum Gasteiger partial charge on any atom is -0.465 e. The lowest BCUT2D eigenvalue weighted by Gasteiger charge is -2.19. The normalized spacial score (nSPS) is 12.0. The van der Waals surface area contributed by atoms with Gasteiger partial charge in [0.2, 0.25) is 5.91 Å². The Hall–Kier alpha value is -3.13. The van der Waals surface area contributed by atoms with Crippen LogP contribution in [0.2, 0.25) is 0 Å². The summed E-state index contributed by atoms with van der Waals surface area (Å²) >= 11 is 1.10. The smallest absolute Gasteiger partial charge is 0.297 e. The van der Waals surface area contributed by atoms with Gasteiger partial charge in [-0.25, -0.2) is 4.39 Å². The number of thioether (sulfide) groups is 1. The zero-order chi connectivity index (χ0) is 27.7. The molecule has 0 radical (unpaired) electrons. The number of nitrogens with zero attached hydrogens (tertiary/aromatic N) is 2. The SMILES string of the molecule is CCOc1nc(CC)c(CNC(=O)[C@H](CC(C)C)SC(=O)CC)n1Cc1cccc(-c2ccccc2)c1F. The standard InChI is InChI=1S/C30H38FN3O3S/c1-6-24-25(18-32-29(36)26(17-20(4)5)38-27(35)7-2)34(30(33-24)37-8-3)19-22-15-12-16-23(28(22)31)21-13-10-9-11-14-21/h9-16,20,26H,6-8,17-19H2,1-5H3,(H,32,36)/t26-/m0/s1. The van der Waals surface area contributed by atoms with E-state index in [-0.39, 0.29) is 35.8 Å². The molecule has 3 aromatic rings. The van der Waals surface area contributed by atoms with E-state index in [2.05, 4.69) is 10.3 Å². The molecule has 1 atom stereocenters. The van der Waals surface area contributed by atoms with Crippen molar-refractivity contribution < 1.29 is 18.7 Å². The van der Waals surface area contributed by atoms with Gasteiger partial charge in [-0.15, -0.1) is 0 Å². The monoisotopic (exact) mass is 539 g/mol. The fourth-order valence-electron chi connectivity index (χ4n) is 4.27. The first-order valence-electron chi connectivity index (χ1n) is 13.3. The number of amides is 1. The number of hydrogen-bond acceptors (Lipinski definition) is 5. The van der Waals surface area contributed by atoms with Crippen molar-refractivity contribution >= 4 is 22.8 Å². The van der Waals surface area contributed by atoms with Crippen LogP contribution in [0.4, 0.5) is 4.39 Å². The molecule has 0 saturated heterocycles. The van der Waals surface area contributed by atoms with Crippen molar-refractivity contribution in [3.8, 4) is 17.1 Å². The van der Waals surface area contributed by atoms with Crippen LogP contribution in [0.15, 0.2) is 48.5 Å². The summed E-state index contributed by atoms with van der Waals surface area (Å²) in [4.78, 5) is 29.9. The minimum absolute atomic E-state index is 0.00232. The fourth-order valence-corrected chi connectivity index (χ4v) is 5.43. The highest BCUT2D eigenvalue weighted by molar-refractivity contribution is 8.14. The molecular weight excluding hydrogens is 501 g/mol. The topological polar surface area (TPSA) is 73.2 Å². The van der Waals surface area contributed by atoms with Crippen molar-refractivity contribution in [2.75, 3.05) is 6.61 Å². The number of hydrogen-bond donors (Lipinski definition) is 1. The maximum atomic E-state index is 15.7. The summed E-state index contributed by atoms with van der Waals surface area (Å²) in [5, 5.41) is 2.55. The first kappa shape index (κ1) is 29.4. The van der Waals surface area contributed by atoms with E-state index in [0.29, 0.717) is 43.0 Å². The highest BCUT2D eigenvalue weighted by Gasteiger charge is 2.25. The van der Waals surface area contributed by atoms with E-state index >= 15 is 4.39 Å². The molecule has 0 aliphatic rings. The molecule has 1 aromatic heterocycles. The largest absolute Gasteiger partial charge is 0.465 e. The molecule has 0 bridgehead atoms. The number of rotatable bonds is 13. The predicted molar refractivity (Wildman–Crippen MR) is 152 cm³/mol. The van der Waals surface area contributed by atoms with E-state index < -0.39 is 5.25 Å². The summed E-state index contributed by atoms with van der Waals surface area (Å²) in [7, 11) is 0. The second-order valence-electron chi connectivity index (χ2n) is 9.48. The Labute approximate surface area is 229 Å². The first-order valence-corrected chi connectivity index (χ1v) is 14.2. The van der Waals surface area contributed by atoms with E-state index in [4.69, 9.17) is 4.74 Å². The van der Waals surface area contributed by atoms with Gasteiger partial charge in [0.05, 0.1) is 36.3 Å². The summed E-state index contributed by atoms with van der Waals surface area (Å²) in [5.74, 6) is -0.214. The van der Waals surface area contributed by atoms with Gasteiger partial charge >= 0.3 is 0 Å². The minimum atomic E-state index is -0.463. The lowest BCUT2D eigenvalue weighted by Crippen LogP contribution is -2.34. The predicted octanol–water partition coefficient (Wildman–Crippen LogP) is 6.40. The Balaban J connectivity index is 1.92. The average molecular weight is 540 g/mol. The van der Waals surface area contributed by atoms with Gasteiger partial charge in [-0.2, -0.15) is 4.98 Å². The van der Waals surface area contributed by atoms with Gasteiger partial charge in [-0.05, 0) is 31.2 Å². The molecule has 3 rings (SSSR count). The van der Waals surface area contributed by atoms with Crippen molar-refractivity contribution in [2.24, 2.45) is 5.92 Å². The number of benzene rings is 2. The molecule has 2 aromatic carbocycles. The van der Waals surface area contributed by atoms with Gasteiger partial charge in [-0.1, -0.05) is 88.0 Å². The quantitative estimate of drug-likeness (QED) is 0.272. The molecule has 38 heavy (non-hydrogen) atoms. The van der Waals surface area contributed by atoms with E-state index in [1.54, 1.807) is 19.1 Å². The average Bonchev–Trinajstić information content (AvgIpc) is 3.24. The lowest BCUT2D eigenvalue weighted by atomic mass is 10.0. The van der Waals surface area contributed by atoms with Crippen LogP contribution in [0.25, 0.3) is 11.1 Å². The van der Waals surface area contributed by atoms with Crippen LogP contribution in [0, 0.1) is 11.7 Å². The molecule has 204 valence electrons. The third kappa shape index (κ3) is 7.47. The number of nitrogens with one attached hydrogen (secondary N) is 1. The van der Waals surface area contributed by atoms with Crippen LogP contribution in [0.5, 0.6) is 6.01 Å². The fraction of sp³-hybridized carbons (Fsp3) is 0.433. The van der Waals surface area contributed by atoms with Crippen LogP contribution >= 0.6 is 11.8 Å². The molecule has 0 saturated carbocycles. The molecule has 0 fully saturated rings. The number of halogens is 1. The summed E-state index contributed by atoms with van der Waals surface area (Å²) < 4.78 is 23.4. The molecule has 1 amide bonds. The Bertz CT molecular complexity index is 1230. The molecule has 0 aliphatic carbocycles. The number of aryl methyl sites for hydroxylation is 1. The van der Waals surface area contributed by atoms with E-state index in [0.717, 1.165) is 28.7 Å². The summed E-state index contributed by atoms with van der Waals surface area (Å²) in [6.45, 7) is 10.6. The van der Waals surface area contributed by atoms with E-state index in [9.17, 15) is 9.59 Å². The number of aromatic nitrogens is 2. The Morgan fingerprint density at radius 3 is 2.45 bits per heavy atom. The van der Waals surface area contributed by atoms with E-state index in [1.165, 1.54) is 0 Å². The highest BCUT2D eigenvalue weighted by Crippen LogP contribution is 2.28. The highest BCUT2D eigenvalue weighted by atomic mass is 32.2. The van der Waals surface area contributed by atoms with E-state index in [1.807, 2.05) is 68.7 Å². The van der Waals surface area contributed by atoms with Crippen molar-refractivity contribution in [1.82, 2.24) is 14.9 Å². The number of ether oxygens (including phenoxy) is 1. The van der Waals surface area contributed by atoms with Crippen LogP contribution in [-0.4, -0.2) is 32.4 Å². The van der Waals surface area contributed by atoms with Crippen LogP contribution in [-0.2, 0) is 29.1 Å². The number of carbonyl (C=O) groups is 2. The molecule has 8 heteroatoms. The zero-order valence-electron chi connectivity index (χ0n) is 22.9. The molecular formula is C30H38FN3O3S. The zero-order valence-corrected chi connectivity index (χ0v) is 23.7. The molecule has 1 heterocycles. The van der Waals surface area contributed by atoms with Gasteiger partial charge in [0, 0.05) is 17.5 Å². The van der Waals surface area contributed by atoms with Crippen LogP contribution in [0.1, 0.15) is 64.4 Å². The van der Waals surface area contributed by atoms with Crippen molar-refractivity contribution in [2.45, 2.75) is 72.2 Å². The van der Waals surface area contributed by atoms with Gasteiger partial charge in [0.1, 0.15) is 5.82 Å². The molecule has 0 spiro atoms. The third-order valence-corrected chi connectivity index (χ3v) is 7.43. The van der Waals surface area contributed by atoms with Gasteiger partial charge < -0.3 is 10.1 Å². The lowest BCUT2D eigenvalue weighted by molar-refractivity contribution is -0.121. The van der Waals surface area contributed by atoms with Gasteiger partial charge in [0.15, 0.2) is 5.12 Å². The second kappa shape index (κ2) is 14.1. The molecule has 0 aliphatic heterocycles. The summed E-state index contributed by atoms with van der Waals surface area (Å²) in [6.07, 6.45) is 1.61. The number of carbonyl (C=O) groups excluding carboxylic acids is 2. The van der Waals surface area contributed by atoms with Crippen LogP contribution < -0.4 is 10.1 Å². The van der Waals surface area contributed by atoms with Gasteiger partial charge in [0.25, 0.3) is 6.01 Å². The Morgan fingerprint density at radius 1 is 1.08 bits per heavy atom. The first-order chi connectivity index (χ1) is 18.3. The van der Waals surface area contributed by atoms with Gasteiger partial charge in [-0.3, -0.25) is 14.2 Å². The Kier molecular flexibility index (Phi) is 11.0. The van der Waals surface area contributed by atoms with Crippen molar-refractivity contribution in [1.29, 1.82) is 0 Å². The molecule has 1 N–H and O–H groups in total. The molecule has 6 nitrogen and oxygen atoms in total. The van der Waals surface area contributed by atoms with Crippen LogP contribution in [0.3, 0.4) is 0 Å². The maximum Gasteiger partial charge on any atom is 0.297 e.